The Morgan fingerprint density at radius 3 is 3.00 bits per heavy atom. The van der Waals surface area contributed by atoms with Crippen molar-refractivity contribution in [3.63, 3.8) is 0 Å². The Hall–Kier alpha value is -0.740. The number of thiazole rings is 1. The lowest BCUT2D eigenvalue weighted by Gasteiger charge is -2.37. The van der Waals surface area contributed by atoms with Crippen LogP contribution in [0.15, 0.2) is 5.38 Å². The maximum absolute atomic E-state index is 10.6. The number of hydrogen-bond donors (Lipinski definition) is 0. The molecule has 1 aliphatic heterocycles. The predicted octanol–water partition coefficient (Wildman–Crippen LogP) is 2.89. The summed E-state index contributed by atoms with van der Waals surface area (Å²) >= 11 is 1.62. The monoisotopic (exact) mass is 238 g/mol. The first-order chi connectivity index (χ1) is 7.72. The van der Waals surface area contributed by atoms with Gasteiger partial charge in [0.1, 0.15) is 10.7 Å². The van der Waals surface area contributed by atoms with Crippen LogP contribution in [0, 0.1) is 0 Å². The Bertz CT molecular complexity index is 362. The summed E-state index contributed by atoms with van der Waals surface area (Å²) in [5.41, 5.74) is 0.578. The van der Waals surface area contributed by atoms with Crippen molar-refractivity contribution >= 4 is 17.6 Å². The molecular formula is C12H18N2OS. The van der Waals surface area contributed by atoms with Crippen LogP contribution in [0.2, 0.25) is 0 Å². The number of carbonyl (C=O) groups excluding carboxylic acids is 1. The molecule has 1 fully saturated rings. The molecule has 0 bridgehead atoms. The molecule has 2 rings (SSSR count). The number of carbonyl (C=O) groups is 1. The second-order valence-electron chi connectivity index (χ2n) is 4.57. The number of likely N-dealkylation sites (tertiary alicyclic amines) is 1. The molecule has 1 unspecified atom stereocenters. The number of nitrogens with zero attached hydrogens (tertiary/aromatic N) is 2. The zero-order valence-corrected chi connectivity index (χ0v) is 10.7. The van der Waals surface area contributed by atoms with E-state index in [0.29, 0.717) is 17.8 Å². The van der Waals surface area contributed by atoms with Gasteiger partial charge in [-0.1, -0.05) is 6.42 Å². The lowest BCUT2D eigenvalue weighted by atomic mass is 10.0. The third-order valence-corrected chi connectivity index (χ3v) is 4.12. The largest absolute Gasteiger partial charge is 0.296 e. The molecule has 0 saturated carbocycles. The van der Waals surface area contributed by atoms with Crippen LogP contribution in [0.4, 0.5) is 0 Å². The van der Waals surface area contributed by atoms with Gasteiger partial charge in [-0.15, -0.1) is 11.3 Å². The maximum atomic E-state index is 10.6. The van der Waals surface area contributed by atoms with E-state index in [0.717, 1.165) is 17.8 Å². The third kappa shape index (κ3) is 2.33. The van der Waals surface area contributed by atoms with E-state index in [-0.39, 0.29) is 0 Å². The van der Waals surface area contributed by atoms with E-state index in [9.17, 15) is 4.79 Å². The zero-order chi connectivity index (χ0) is 11.5. The molecule has 3 nitrogen and oxygen atoms in total. The standard InChI is InChI=1S/C12H18N2OS/c1-9(2)14-6-4-3-5-11(14)12-13-10(7-15)8-16-12/h7-9,11H,3-6H2,1-2H3. The molecule has 0 radical (unpaired) electrons. The molecule has 88 valence electrons. The molecule has 4 heteroatoms. The molecular weight excluding hydrogens is 220 g/mol. The van der Waals surface area contributed by atoms with Crippen LogP contribution in [0.1, 0.15) is 54.6 Å². The van der Waals surface area contributed by atoms with Crippen LogP contribution in [-0.2, 0) is 0 Å². The number of aromatic nitrogens is 1. The van der Waals surface area contributed by atoms with Gasteiger partial charge < -0.3 is 0 Å². The van der Waals surface area contributed by atoms with Gasteiger partial charge in [-0.3, -0.25) is 9.69 Å². The minimum atomic E-state index is 0.424. The molecule has 1 saturated heterocycles. The van der Waals surface area contributed by atoms with Gasteiger partial charge in [0.2, 0.25) is 0 Å². The Labute approximate surface area is 100 Å². The molecule has 0 N–H and O–H groups in total. The lowest BCUT2D eigenvalue weighted by molar-refractivity contribution is 0.110. The zero-order valence-electron chi connectivity index (χ0n) is 9.85. The SMILES string of the molecule is CC(C)N1CCCCC1c1nc(C=O)cs1. The molecule has 0 amide bonds. The fourth-order valence-corrected chi connectivity index (χ4v) is 3.26. The van der Waals surface area contributed by atoms with Crippen LogP contribution in [0.3, 0.4) is 0 Å². The molecule has 0 spiro atoms. The molecule has 1 aromatic heterocycles. The van der Waals surface area contributed by atoms with E-state index in [1.165, 1.54) is 19.3 Å². The summed E-state index contributed by atoms with van der Waals surface area (Å²) in [6.07, 6.45) is 4.55. The van der Waals surface area contributed by atoms with Crippen molar-refractivity contribution in [1.82, 2.24) is 9.88 Å². The van der Waals surface area contributed by atoms with Gasteiger partial charge in [-0.2, -0.15) is 0 Å². The molecule has 1 atom stereocenters. The first kappa shape index (κ1) is 11.7. The van der Waals surface area contributed by atoms with E-state index in [1.807, 2.05) is 5.38 Å². The molecule has 0 aromatic carbocycles. The Balaban J connectivity index is 2.19. The lowest BCUT2D eigenvalue weighted by Crippen LogP contribution is -2.38. The summed E-state index contributed by atoms with van der Waals surface area (Å²) < 4.78 is 0. The first-order valence-electron chi connectivity index (χ1n) is 5.88. The second-order valence-corrected chi connectivity index (χ2v) is 5.46. The van der Waals surface area contributed by atoms with E-state index in [2.05, 4.69) is 23.7 Å². The third-order valence-electron chi connectivity index (χ3n) is 3.15. The molecule has 1 aromatic rings. The van der Waals surface area contributed by atoms with Gasteiger partial charge in [-0.25, -0.2) is 4.98 Å². The predicted molar refractivity (Wildman–Crippen MR) is 65.9 cm³/mol. The Kier molecular flexibility index (Phi) is 3.71. The van der Waals surface area contributed by atoms with Crippen LogP contribution >= 0.6 is 11.3 Å². The topological polar surface area (TPSA) is 33.2 Å². The average molecular weight is 238 g/mol. The van der Waals surface area contributed by atoms with Gasteiger partial charge in [-0.05, 0) is 33.2 Å². The van der Waals surface area contributed by atoms with E-state index < -0.39 is 0 Å². The summed E-state index contributed by atoms with van der Waals surface area (Å²) in [5, 5.41) is 2.96. The highest BCUT2D eigenvalue weighted by atomic mass is 32.1. The van der Waals surface area contributed by atoms with Crippen molar-refractivity contribution in [2.45, 2.75) is 45.2 Å². The van der Waals surface area contributed by atoms with Crippen molar-refractivity contribution in [3.05, 3.63) is 16.1 Å². The van der Waals surface area contributed by atoms with Gasteiger partial charge in [0.25, 0.3) is 0 Å². The van der Waals surface area contributed by atoms with Gasteiger partial charge >= 0.3 is 0 Å². The van der Waals surface area contributed by atoms with E-state index in [4.69, 9.17) is 0 Å². The fourth-order valence-electron chi connectivity index (χ4n) is 2.35. The molecule has 16 heavy (non-hydrogen) atoms. The summed E-state index contributed by atoms with van der Waals surface area (Å²) in [6.45, 7) is 5.61. The number of aldehydes is 1. The molecule has 1 aliphatic rings. The minimum Gasteiger partial charge on any atom is -0.296 e. The second kappa shape index (κ2) is 5.06. The minimum absolute atomic E-state index is 0.424. The first-order valence-corrected chi connectivity index (χ1v) is 6.76. The Morgan fingerprint density at radius 2 is 2.38 bits per heavy atom. The van der Waals surface area contributed by atoms with Crippen LogP contribution in [0.25, 0.3) is 0 Å². The molecule has 2 heterocycles. The fraction of sp³-hybridized carbons (Fsp3) is 0.667. The normalized spacial score (nSPS) is 22.6. The van der Waals surface area contributed by atoms with Gasteiger partial charge in [0.15, 0.2) is 6.29 Å². The van der Waals surface area contributed by atoms with Crippen LogP contribution in [0.5, 0.6) is 0 Å². The highest BCUT2D eigenvalue weighted by Gasteiger charge is 2.27. The van der Waals surface area contributed by atoms with E-state index in [1.54, 1.807) is 11.3 Å². The maximum Gasteiger partial charge on any atom is 0.169 e. The summed E-state index contributed by atoms with van der Waals surface area (Å²) in [6, 6.07) is 0.973. The smallest absolute Gasteiger partial charge is 0.169 e. The highest BCUT2D eigenvalue weighted by Crippen LogP contribution is 2.33. The summed E-state index contributed by atoms with van der Waals surface area (Å²) in [4.78, 5) is 17.5. The molecule has 0 aliphatic carbocycles. The summed E-state index contributed by atoms with van der Waals surface area (Å²) in [5.74, 6) is 0. The Morgan fingerprint density at radius 1 is 1.56 bits per heavy atom. The van der Waals surface area contributed by atoms with Crippen molar-refractivity contribution in [1.29, 1.82) is 0 Å². The van der Waals surface area contributed by atoms with Crippen molar-refractivity contribution in [3.8, 4) is 0 Å². The van der Waals surface area contributed by atoms with Gasteiger partial charge in [0, 0.05) is 11.4 Å². The number of rotatable bonds is 3. The highest BCUT2D eigenvalue weighted by molar-refractivity contribution is 7.09. The van der Waals surface area contributed by atoms with Crippen LogP contribution < -0.4 is 0 Å². The van der Waals surface area contributed by atoms with Crippen molar-refractivity contribution in [2.75, 3.05) is 6.54 Å². The van der Waals surface area contributed by atoms with E-state index >= 15 is 0 Å². The van der Waals surface area contributed by atoms with Gasteiger partial charge in [0.05, 0.1) is 6.04 Å². The number of hydrogen-bond acceptors (Lipinski definition) is 4. The van der Waals surface area contributed by atoms with Crippen molar-refractivity contribution in [2.24, 2.45) is 0 Å². The van der Waals surface area contributed by atoms with Crippen LogP contribution in [-0.4, -0.2) is 28.8 Å². The quantitative estimate of drug-likeness (QED) is 0.759. The number of piperidine rings is 1. The average Bonchev–Trinajstić information content (AvgIpc) is 2.77. The summed E-state index contributed by atoms with van der Waals surface area (Å²) in [7, 11) is 0. The van der Waals surface area contributed by atoms with Crippen molar-refractivity contribution < 1.29 is 4.79 Å².